The van der Waals surface area contributed by atoms with Gasteiger partial charge in [-0.2, -0.15) is 0 Å². The van der Waals surface area contributed by atoms with E-state index in [1.807, 2.05) is 13.0 Å². The molecule has 1 aromatic carbocycles. The van der Waals surface area contributed by atoms with E-state index in [-0.39, 0.29) is 18.3 Å². The third kappa shape index (κ3) is 4.70. The predicted molar refractivity (Wildman–Crippen MR) is 79.7 cm³/mol. The van der Waals surface area contributed by atoms with Gasteiger partial charge in [0.05, 0.1) is 0 Å². The van der Waals surface area contributed by atoms with E-state index in [1.54, 1.807) is 11.0 Å². The highest BCUT2D eigenvalue weighted by Crippen LogP contribution is 2.19. The number of likely N-dealkylation sites (tertiary alicyclic amines) is 1. The van der Waals surface area contributed by atoms with Crippen molar-refractivity contribution in [1.29, 1.82) is 0 Å². The fourth-order valence-corrected chi connectivity index (χ4v) is 2.41. The third-order valence-corrected chi connectivity index (χ3v) is 3.64. The zero-order chi connectivity index (χ0) is 15.1. The van der Waals surface area contributed by atoms with Gasteiger partial charge in [0.1, 0.15) is 0 Å². The summed E-state index contributed by atoms with van der Waals surface area (Å²) in [5, 5.41) is 3.14. The minimum absolute atomic E-state index is 0.0640. The summed E-state index contributed by atoms with van der Waals surface area (Å²) >= 11 is 0. The highest BCUT2D eigenvalue weighted by Gasteiger charge is 2.17. The lowest BCUT2D eigenvalue weighted by Crippen LogP contribution is -2.38. The summed E-state index contributed by atoms with van der Waals surface area (Å²) in [6.07, 6.45) is 3.25. The molecule has 4 nitrogen and oxygen atoms in total. The first-order valence-corrected chi connectivity index (χ1v) is 7.60. The summed E-state index contributed by atoms with van der Waals surface area (Å²) in [4.78, 5) is 13.8. The highest BCUT2D eigenvalue weighted by atomic mass is 19.1. The van der Waals surface area contributed by atoms with E-state index in [0.717, 1.165) is 38.0 Å². The molecule has 1 aliphatic rings. The van der Waals surface area contributed by atoms with Crippen molar-refractivity contribution in [3.05, 3.63) is 29.6 Å². The van der Waals surface area contributed by atoms with Crippen LogP contribution in [0, 0.1) is 5.82 Å². The molecule has 5 heteroatoms. The van der Waals surface area contributed by atoms with Gasteiger partial charge in [0.25, 0.3) is 5.91 Å². The third-order valence-electron chi connectivity index (χ3n) is 3.64. The van der Waals surface area contributed by atoms with Crippen LogP contribution < -0.4 is 10.1 Å². The Morgan fingerprint density at radius 2 is 2.10 bits per heavy atom. The smallest absolute Gasteiger partial charge is 0.260 e. The van der Waals surface area contributed by atoms with Crippen LogP contribution in [0.4, 0.5) is 4.39 Å². The molecule has 1 saturated heterocycles. The number of amides is 1. The van der Waals surface area contributed by atoms with Crippen molar-refractivity contribution < 1.29 is 13.9 Å². The normalized spacial score (nSPS) is 15.0. The maximum absolute atomic E-state index is 13.9. The number of piperidine rings is 1. The van der Waals surface area contributed by atoms with E-state index < -0.39 is 5.82 Å². The van der Waals surface area contributed by atoms with Gasteiger partial charge < -0.3 is 15.0 Å². The lowest BCUT2D eigenvalue weighted by molar-refractivity contribution is -0.134. The summed E-state index contributed by atoms with van der Waals surface area (Å²) in [6.45, 7) is 4.94. The number of hydrogen-bond donors (Lipinski definition) is 1. The Balaban J connectivity index is 1.86. The van der Waals surface area contributed by atoms with Crippen LogP contribution in [0.5, 0.6) is 5.75 Å². The van der Waals surface area contributed by atoms with Gasteiger partial charge in [0.15, 0.2) is 18.2 Å². The van der Waals surface area contributed by atoms with Gasteiger partial charge >= 0.3 is 0 Å². The van der Waals surface area contributed by atoms with E-state index >= 15 is 0 Å². The number of benzene rings is 1. The standard InChI is InChI=1S/C16H23FN2O2/c1-2-18-11-13-6-7-15(14(17)10-13)21-12-16(20)19-8-4-3-5-9-19/h6-7,10,18H,2-5,8-9,11-12H2,1H3. The molecule has 1 amide bonds. The quantitative estimate of drug-likeness (QED) is 0.875. The molecule has 116 valence electrons. The molecular weight excluding hydrogens is 271 g/mol. The second-order valence-electron chi connectivity index (χ2n) is 5.28. The van der Waals surface area contributed by atoms with Gasteiger partial charge in [0.2, 0.25) is 0 Å². The van der Waals surface area contributed by atoms with Gasteiger partial charge in [-0.15, -0.1) is 0 Å². The zero-order valence-corrected chi connectivity index (χ0v) is 12.5. The molecule has 2 rings (SSSR count). The van der Waals surface area contributed by atoms with Crippen LogP contribution in [0.1, 0.15) is 31.7 Å². The van der Waals surface area contributed by atoms with E-state index in [0.29, 0.717) is 6.54 Å². The first kappa shape index (κ1) is 15.8. The van der Waals surface area contributed by atoms with Crippen molar-refractivity contribution in [2.24, 2.45) is 0 Å². The average molecular weight is 294 g/mol. The molecule has 1 fully saturated rings. The van der Waals surface area contributed by atoms with Crippen LogP contribution in [0.25, 0.3) is 0 Å². The number of halogens is 1. The van der Waals surface area contributed by atoms with E-state index in [9.17, 15) is 9.18 Å². The first-order chi connectivity index (χ1) is 10.2. The summed E-state index contributed by atoms with van der Waals surface area (Å²) in [6, 6.07) is 4.85. The molecular formula is C16H23FN2O2. The van der Waals surface area contributed by atoms with Crippen molar-refractivity contribution in [3.63, 3.8) is 0 Å². The van der Waals surface area contributed by atoms with Crippen LogP contribution in [-0.2, 0) is 11.3 Å². The van der Waals surface area contributed by atoms with Crippen LogP contribution in [0.3, 0.4) is 0 Å². The number of carbonyl (C=O) groups is 1. The van der Waals surface area contributed by atoms with Crippen LogP contribution >= 0.6 is 0 Å². The molecule has 1 heterocycles. The fourth-order valence-electron chi connectivity index (χ4n) is 2.41. The largest absolute Gasteiger partial charge is 0.481 e. The van der Waals surface area contributed by atoms with E-state index in [1.165, 1.54) is 12.5 Å². The first-order valence-electron chi connectivity index (χ1n) is 7.60. The van der Waals surface area contributed by atoms with E-state index in [2.05, 4.69) is 5.32 Å². The molecule has 0 aromatic heterocycles. The monoisotopic (exact) mass is 294 g/mol. The van der Waals surface area contributed by atoms with Crippen molar-refractivity contribution in [1.82, 2.24) is 10.2 Å². The second kappa shape index (κ2) is 7.98. The summed E-state index contributed by atoms with van der Waals surface area (Å²) in [5.41, 5.74) is 0.865. The Bertz CT molecular complexity index is 473. The van der Waals surface area contributed by atoms with E-state index in [4.69, 9.17) is 4.74 Å². The van der Waals surface area contributed by atoms with Crippen molar-refractivity contribution >= 4 is 5.91 Å². The molecule has 1 N–H and O–H groups in total. The molecule has 0 radical (unpaired) electrons. The van der Waals surface area contributed by atoms with Gasteiger partial charge in [-0.25, -0.2) is 4.39 Å². The van der Waals surface area contributed by atoms with Crippen molar-refractivity contribution in [2.75, 3.05) is 26.2 Å². The second-order valence-corrected chi connectivity index (χ2v) is 5.28. The molecule has 0 unspecified atom stereocenters. The lowest BCUT2D eigenvalue weighted by atomic mass is 10.1. The topological polar surface area (TPSA) is 41.6 Å². The SMILES string of the molecule is CCNCc1ccc(OCC(=O)N2CCCCC2)c(F)c1. The molecule has 0 atom stereocenters. The minimum atomic E-state index is -0.420. The molecule has 0 spiro atoms. The highest BCUT2D eigenvalue weighted by molar-refractivity contribution is 5.77. The van der Waals surface area contributed by atoms with Crippen LogP contribution in [0.15, 0.2) is 18.2 Å². The molecule has 0 aliphatic carbocycles. The van der Waals surface area contributed by atoms with Gasteiger partial charge in [-0.3, -0.25) is 4.79 Å². The zero-order valence-electron chi connectivity index (χ0n) is 12.5. The molecule has 1 aliphatic heterocycles. The van der Waals surface area contributed by atoms with Crippen LogP contribution in [-0.4, -0.2) is 37.0 Å². The summed E-state index contributed by atoms with van der Waals surface area (Å²) in [5.74, 6) is -0.344. The number of nitrogens with zero attached hydrogens (tertiary/aromatic N) is 1. The minimum Gasteiger partial charge on any atom is -0.481 e. The van der Waals surface area contributed by atoms with Crippen molar-refractivity contribution in [2.45, 2.75) is 32.7 Å². The number of rotatable bonds is 6. The summed E-state index contributed by atoms with van der Waals surface area (Å²) < 4.78 is 19.2. The number of nitrogens with one attached hydrogen (secondary N) is 1. The molecule has 0 saturated carbocycles. The Morgan fingerprint density at radius 3 is 2.76 bits per heavy atom. The molecule has 1 aromatic rings. The number of hydrogen-bond acceptors (Lipinski definition) is 3. The van der Waals surface area contributed by atoms with Gasteiger partial charge in [0, 0.05) is 19.6 Å². The predicted octanol–water partition coefficient (Wildman–Crippen LogP) is 2.33. The molecule has 0 bridgehead atoms. The summed E-state index contributed by atoms with van der Waals surface area (Å²) in [7, 11) is 0. The Morgan fingerprint density at radius 1 is 1.33 bits per heavy atom. The lowest BCUT2D eigenvalue weighted by Gasteiger charge is -2.26. The van der Waals surface area contributed by atoms with Gasteiger partial charge in [-0.1, -0.05) is 13.0 Å². The average Bonchev–Trinajstić information content (AvgIpc) is 2.52. The Labute approximate surface area is 125 Å². The maximum atomic E-state index is 13.9. The Kier molecular flexibility index (Phi) is 5.99. The Hall–Kier alpha value is -1.62. The maximum Gasteiger partial charge on any atom is 0.260 e. The number of carbonyl (C=O) groups excluding carboxylic acids is 1. The number of ether oxygens (including phenoxy) is 1. The fraction of sp³-hybridized carbons (Fsp3) is 0.562. The van der Waals surface area contributed by atoms with Crippen molar-refractivity contribution in [3.8, 4) is 5.75 Å². The molecule has 21 heavy (non-hydrogen) atoms. The van der Waals surface area contributed by atoms with Crippen LogP contribution in [0.2, 0.25) is 0 Å². The van der Waals surface area contributed by atoms with Gasteiger partial charge in [-0.05, 0) is 43.5 Å².